The number of sulfonamides is 1. The first-order chi connectivity index (χ1) is 11.4. The van der Waals surface area contributed by atoms with Gasteiger partial charge in [0.05, 0.1) is 12.0 Å². The number of carbonyl (C=O) groups is 1. The summed E-state index contributed by atoms with van der Waals surface area (Å²) in [7, 11) is -2.14. The Hall–Kier alpha value is -2.58. The molecule has 2 aromatic carbocycles. The lowest BCUT2D eigenvalue weighted by molar-refractivity contribution is 0.252. The third kappa shape index (κ3) is 4.97. The van der Waals surface area contributed by atoms with Gasteiger partial charge in [-0.15, -0.1) is 0 Å². The van der Waals surface area contributed by atoms with Gasteiger partial charge < -0.3 is 15.4 Å². The largest absolute Gasteiger partial charge is 0.496 e. The Morgan fingerprint density at radius 1 is 1.12 bits per heavy atom. The van der Waals surface area contributed by atoms with Crippen molar-refractivity contribution < 1.29 is 17.9 Å². The molecule has 0 saturated heterocycles. The number of rotatable bonds is 6. The zero-order valence-corrected chi connectivity index (χ0v) is 14.0. The minimum atomic E-state index is -3.74. The van der Waals surface area contributed by atoms with Crippen LogP contribution in [0, 0.1) is 0 Å². The predicted molar refractivity (Wildman–Crippen MR) is 91.5 cm³/mol. The molecule has 0 saturated carbocycles. The van der Waals surface area contributed by atoms with E-state index in [0.717, 1.165) is 11.3 Å². The minimum absolute atomic E-state index is 0.00960. The van der Waals surface area contributed by atoms with Crippen molar-refractivity contribution in [2.75, 3.05) is 19.0 Å². The average Bonchev–Trinajstić information content (AvgIpc) is 2.55. The number of para-hydroxylation sites is 1. The lowest BCUT2D eigenvalue weighted by Gasteiger charge is -2.10. The number of methoxy groups -OCH3 is 1. The van der Waals surface area contributed by atoms with Crippen LogP contribution < -0.4 is 20.5 Å². The first kappa shape index (κ1) is 17.8. The van der Waals surface area contributed by atoms with Crippen LogP contribution in [-0.2, 0) is 16.4 Å². The van der Waals surface area contributed by atoms with Crippen molar-refractivity contribution in [1.29, 1.82) is 0 Å². The normalized spacial score (nSPS) is 10.9. The smallest absolute Gasteiger partial charge is 0.319 e. The first-order valence-corrected chi connectivity index (χ1v) is 8.74. The van der Waals surface area contributed by atoms with Gasteiger partial charge in [-0.25, -0.2) is 18.4 Å². The Morgan fingerprint density at radius 2 is 1.79 bits per heavy atom. The van der Waals surface area contributed by atoms with Gasteiger partial charge in [0.25, 0.3) is 0 Å². The first-order valence-electron chi connectivity index (χ1n) is 7.20. The van der Waals surface area contributed by atoms with Crippen LogP contribution in [0.15, 0.2) is 53.4 Å². The molecule has 0 radical (unpaired) electrons. The molecule has 2 amide bonds. The SMILES string of the molecule is COc1ccccc1CCNC(=O)Nc1ccc(S(N)(=O)=O)cc1. The van der Waals surface area contributed by atoms with Crippen molar-refractivity contribution in [3.63, 3.8) is 0 Å². The summed E-state index contributed by atoms with van der Waals surface area (Å²) in [5.41, 5.74) is 1.47. The Bertz CT molecular complexity index is 804. The summed E-state index contributed by atoms with van der Waals surface area (Å²) in [5.74, 6) is 0.776. The molecule has 0 atom stereocenters. The zero-order chi connectivity index (χ0) is 17.6. The Balaban J connectivity index is 1.85. The molecule has 4 N–H and O–H groups in total. The van der Waals surface area contributed by atoms with Gasteiger partial charge in [0, 0.05) is 12.2 Å². The van der Waals surface area contributed by atoms with Crippen molar-refractivity contribution in [3.8, 4) is 5.75 Å². The highest BCUT2D eigenvalue weighted by molar-refractivity contribution is 7.89. The molecule has 0 aliphatic carbocycles. The van der Waals surface area contributed by atoms with Gasteiger partial charge in [-0.3, -0.25) is 0 Å². The van der Waals surface area contributed by atoms with Crippen molar-refractivity contribution in [1.82, 2.24) is 5.32 Å². The average molecular weight is 349 g/mol. The highest BCUT2D eigenvalue weighted by Gasteiger charge is 2.08. The Kier molecular flexibility index (Phi) is 5.78. The molecule has 0 aliphatic rings. The highest BCUT2D eigenvalue weighted by atomic mass is 32.2. The molecule has 0 bridgehead atoms. The molecule has 0 unspecified atom stereocenters. The van der Waals surface area contributed by atoms with E-state index in [0.29, 0.717) is 18.7 Å². The number of carbonyl (C=O) groups excluding carboxylic acids is 1. The van der Waals surface area contributed by atoms with E-state index in [9.17, 15) is 13.2 Å². The van der Waals surface area contributed by atoms with E-state index in [2.05, 4.69) is 10.6 Å². The predicted octanol–water partition coefficient (Wildman–Crippen LogP) is 1.71. The fourth-order valence-corrected chi connectivity index (χ4v) is 2.64. The minimum Gasteiger partial charge on any atom is -0.496 e. The lowest BCUT2D eigenvalue weighted by Crippen LogP contribution is -2.30. The molecule has 0 aliphatic heterocycles. The number of anilines is 1. The van der Waals surface area contributed by atoms with Crippen LogP contribution in [0.25, 0.3) is 0 Å². The van der Waals surface area contributed by atoms with Gasteiger partial charge in [0.2, 0.25) is 10.0 Å². The highest BCUT2D eigenvalue weighted by Crippen LogP contribution is 2.17. The third-order valence-electron chi connectivity index (χ3n) is 3.31. The van der Waals surface area contributed by atoms with Crippen LogP contribution in [0.3, 0.4) is 0 Å². The van der Waals surface area contributed by atoms with E-state index in [1.165, 1.54) is 24.3 Å². The third-order valence-corrected chi connectivity index (χ3v) is 4.24. The van der Waals surface area contributed by atoms with E-state index >= 15 is 0 Å². The second kappa shape index (κ2) is 7.80. The van der Waals surface area contributed by atoms with Gasteiger partial charge in [0.1, 0.15) is 5.75 Å². The number of urea groups is 1. The monoisotopic (exact) mass is 349 g/mol. The van der Waals surface area contributed by atoms with E-state index in [4.69, 9.17) is 9.88 Å². The number of benzene rings is 2. The zero-order valence-electron chi connectivity index (χ0n) is 13.2. The van der Waals surface area contributed by atoms with E-state index in [1.807, 2.05) is 24.3 Å². The number of nitrogens with two attached hydrogens (primary N) is 1. The van der Waals surface area contributed by atoms with Crippen LogP contribution in [-0.4, -0.2) is 28.1 Å². The quantitative estimate of drug-likeness (QED) is 0.737. The maximum atomic E-state index is 11.8. The van der Waals surface area contributed by atoms with Gasteiger partial charge in [-0.05, 0) is 42.3 Å². The molecule has 8 heteroatoms. The molecule has 2 aromatic rings. The van der Waals surface area contributed by atoms with Crippen molar-refractivity contribution in [2.45, 2.75) is 11.3 Å². The van der Waals surface area contributed by atoms with Gasteiger partial charge >= 0.3 is 6.03 Å². The molecule has 0 spiro atoms. The molecule has 7 nitrogen and oxygen atoms in total. The summed E-state index contributed by atoms with van der Waals surface area (Å²) < 4.78 is 27.6. The molecular formula is C16H19N3O4S. The van der Waals surface area contributed by atoms with E-state index in [1.54, 1.807) is 7.11 Å². The number of hydrogen-bond acceptors (Lipinski definition) is 4. The second-order valence-corrected chi connectivity index (χ2v) is 6.57. The fraction of sp³-hybridized carbons (Fsp3) is 0.188. The topological polar surface area (TPSA) is 111 Å². The van der Waals surface area contributed by atoms with Crippen LogP contribution >= 0.6 is 0 Å². The summed E-state index contributed by atoms with van der Waals surface area (Å²) in [6, 6.07) is 12.8. The van der Waals surface area contributed by atoms with Crippen molar-refractivity contribution in [2.24, 2.45) is 5.14 Å². The van der Waals surface area contributed by atoms with Gasteiger partial charge in [-0.1, -0.05) is 18.2 Å². The van der Waals surface area contributed by atoms with Crippen LogP contribution in [0.1, 0.15) is 5.56 Å². The van der Waals surface area contributed by atoms with Crippen molar-refractivity contribution >= 4 is 21.7 Å². The van der Waals surface area contributed by atoms with Crippen LogP contribution in [0.4, 0.5) is 10.5 Å². The number of ether oxygens (including phenoxy) is 1. The van der Waals surface area contributed by atoms with Crippen molar-refractivity contribution in [3.05, 3.63) is 54.1 Å². The Morgan fingerprint density at radius 3 is 2.42 bits per heavy atom. The summed E-state index contributed by atoms with van der Waals surface area (Å²) in [6.45, 7) is 0.432. The fourth-order valence-electron chi connectivity index (χ4n) is 2.12. The summed E-state index contributed by atoms with van der Waals surface area (Å²) >= 11 is 0. The van der Waals surface area contributed by atoms with Gasteiger partial charge in [0.15, 0.2) is 0 Å². The number of primary sulfonamides is 1. The molecule has 24 heavy (non-hydrogen) atoms. The standard InChI is InChI=1S/C16H19N3O4S/c1-23-15-5-3-2-4-12(15)10-11-18-16(20)19-13-6-8-14(9-7-13)24(17,21)22/h2-9H,10-11H2,1H3,(H2,17,21,22)(H2,18,19,20). The summed E-state index contributed by atoms with van der Waals surface area (Å²) in [5, 5.41) is 10.4. The maximum Gasteiger partial charge on any atom is 0.319 e. The molecule has 0 fully saturated rings. The number of amides is 2. The molecule has 2 rings (SSSR count). The maximum absolute atomic E-state index is 11.8. The van der Waals surface area contributed by atoms with Crippen LogP contribution in [0.5, 0.6) is 5.75 Å². The number of nitrogens with one attached hydrogen (secondary N) is 2. The lowest BCUT2D eigenvalue weighted by atomic mass is 10.1. The van der Waals surface area contributed by atoms with E-state index in [-0.39, 0.29) is 10.9 Å². The molecular weight excluding hydrogens is 330 g/mol. The Labute approximate surface area is 140 Å². The summed E-state index contributed by atoms with van der Waals surface area (Å²) in [4.78, 5) is 11.8. The molecule has 128 valence electrons. The second-order valence-electron chi connectivity index (χ2n) is 5.01. The summed E-state index contributed by atoms with van der Waals surface area (Å²) in [6.07, 6.45) is 0.627. The van der Waals surface area contributed by atoms with Gasteiger partial charge in [-0.2, -0.15) is 0 Å². The van der Waals surface area contributed by atoms with E-state index < -0.39 is 10.0 Å². The molecule has 0 aromatic heterocycles. The molecule has 0 heterocycles. The van der Waals surface area contributed by atoms with Crippen LogP contribution in [0.2, 0.25) is 0 Å². The number of hydrogen-bond donors (Lipinski definition) is 3.